The molecule has 0 heterocycles. The molecule has 0 aromatic heterocycles. The molecular formula is C35H61N9O14. The topological polar surface area (TPSA) is 388 Å². The molecule has 0 saturated carbocycles. The van der Waals surface area contributed by atoms with Crippen LogP contribution in [0.2, 0.25) is 0 Å². The Hall–Kier alpha value is -5.42. The lowest BCUT2D eigenvalue weighted by Crippen LogP contribution is -2.60. The molecule has 58 heavy (non-hydrogen) atoms. The quantitative estimate of drug-likeness (QED) is 0.0319. The Kier molecular flexibility index (Phi) is 24.7. The highest BCUT2D eigenvalue weighted by Gasteiger charge is 2.34. The van der Waals surface area contributed by atoms with Crippen molar-refractivity contribution in [1.82, 2.24) is 37.2 Å². The summed E-state index contributed by atoms with van der Waals surface area (Å²) in [5, 5.41) is 53.8. The van der Waals surface area contributed by atoms with E-state index in [2.05, 4.69) is 37.2 Å². The maximum absolute atomic E-state index is 13.4. The van der Waals surface area contributed by atoms with Crippen molar-refractivity contribution in [3.8, 4) is 0 Å². The van der Waals surface area contributed by atoms with Gasteiger partial charge < -0.3 is 69.1 Å². The van der Waals surface area contributed by atoms with E-state index >= 15 is 0 Å². The van der Waals surface area contributed by atoms with Crippen LogP contribution in [0.4, 0.5) is 0 Å². The van der Waals surface area contributed by atoms with Gasteiger partial charge in [-0.05, 0) is 57.4 Å². The minimum absolute atomic E-state index is 0.00444. The standard InChI is InChI=1S/C35H61N9O14/c1-17(2)12-22(31(53)39-19(5)35(57)58)42-32(54)23(13-18(3)4)43-34(56)25(16-45)44-30(52)21(9-10-27(47)48)41-33(55)24(14-28(49)50)40-26(46)15-38-29(51)20(37)8-6-7-11-36/h17-25,45H,6-16,36-37H2,1-5H3,(H,38,51)(H,39,53)(H,40,46)(H,41,55)(H,42,54)(H,43,56)(H,44,52)(H,47,48)(H,49,50)(H,57,58)/t19-,20-,21-,22-,23-,24-,25-/m0/s1. The van der Waals surface area contributed by atoms with Gasteiger partial charge in [0, 0.05) is 6.42 Å². The monoisotopic (exact) mass is 831 g/mol. The number of nitrogens with one attached hydrogen (secondary N) is 7. The molecule has 330 valence electrons. The number of hydrogen-bond donors (Lipinski definition) is 13. The van der Waals surface area contributed by atoms with Gasteiger partial charge in [-0.25, -0.2) is 0 Å². The van der Waals surface area contributed by atoms with Crippen molar-refractivity contribution in [3.05, 3.63) is 0 Å². The summed E-state index contributed by atoms with van der Waals surface area (Å²) in [4.78, 5) is 125. The maximum atomic E-state index is 13.4. The summed E-state index contributed by atoms with van der Waals surface area (Å²) >= 11 is 0. The van der Waals surface area contributed by atoms with Crippen LogP contribution >= 0.6 is 0 Å². The zero-order valence-electron chi connectivity index (χ0n) is 33.5. The number of aliphatic hydroxyl groups excluding tert-OH is 1. The molecule has 0 aliphatic rings. The highest BCUT2D eigenvalue weighted by atomic mass is 16.4. The van der Waals surface area contributed by atoms with Gasteiger partial charge in [0.15, 0.2) is 0 Å². The van der Waals surface area contributed by atoms with E-state index in [4.69, 9.17) is 11.5 Å². The van der Waals surface area contributed by atoms with Crippen LogP contribution in [0.1, 0.15) is 86.0 Å². The van der Waals surface area contributed by atoms with E-state index in [0.29, 0.717) is 19.4 Å². The lowest BCUT2D eigenvalue weighted by atomic mass is 9.99. The third-order valence-electron chi connectivity index (χ3n) is 8.26. The number of amides is 7. The van der Waals surface area contributed by atoms with Crippen LogP contribution in [0.25, 0.3) is 0 Å². The van der Waals surface area contributed by atoms with Crippen LogP contribution < -0.4 is 48.7 Å². The van der Waals surface area contributed by atoms with Crippen molar-refractivity contribution < 1.29 is 68.4 Å². The van der Waals surface area contributed by atoms with E-state index in [1.807, 2.05) is 0 Å². The molecular weight excluding hydrogens is 770 g/mol. The van der Waals surface area contributed by atoms with Gasteiger partial charge in [-0.15, -0.1) is 0 Å². The van der Waals surface area contributed by atoms with Crippen LogP contribution in [0.15, 0.2) is 0 Å². The normalized spacial score (nSPS) is 14.7. The molecule has 0 rings (SSSR count). The molecule has 23 heteroatoms. The number of aliphatic carboxylic acids is 3. The predicted octanol–water partition coefficient (Wildman–Crippen LogP) is -4.00. The summed E-state index contributed by atoms with van der Waals surface area (Å²) < 4.78 is 0. The van der Waals surface area contributed by atoms with Crippen molar-refractivity contribution in [3.63, 3.8) is 0 Å². The van der Waals surface area contributed by atoms with Crippen molar-refractivity contribution >= 4 is 59.3 Å². The van der Waals surface area contributed by atoms with E-state index in [1.165, 1.54) is 6.92 Å². The predicted molar refractivity (Wildman–Crippen MR) is 204 cm³/mol. The number of aliphatic hydroxyl groups is 1. The fourth-order valence-electron chi connectivity index (χ4n) is 5.17. The fraction of sp³-hybridized carbons (Fsp3) is 0.714. The van der Waals surface area contributed by atoms with Crippen molar-refractivity contribution in [2.45, 2.75) is 128 Å². The van der Waals surface area contributed by atoms with Gasteiger partial charge in [0.2, 0.25) is 41.4 Å². The van der Waals surface area contributed by atoms with Gasteiger partial charge in [-0.1, -0.05) is 34.1 Å². The summed E-state index contributed by atoms with van der Waals surface area (Å²) in [6, 6.07) is -10.2. The Labute approximate surface area is 335 Å². The third-order valence-corrected chi connectivity index (χ3v) is 8.26. The van der Waals surface area contributed by atoms with Crippen molar-refractivity contribution in [1.29, 1.82) is 0 Å². The number of carbonyl (C=O) groups excluding carboxylic acids is 7. The average molecular weight is 832 g/mol. The Morgan fingerprint density at radius 3 is 1.48 bits per heavy atom. The molecule has 0 unspecified atom stereocenters. The summed E-state index contributed by atoms with van der Waals surface area (Å²) in [6.07, 6.45) is -0.773. The van der Waals surface area contributed by atoms with Gasteiger partial charge >= 0.3 is 17.9 Å². The molecule has 15 N–H and O–H groups in total. The van der Waals surface area contributed by atoms with Crippen molar-refractivity contribution in [2.24, 2.45) is 23.3 Å². The number of unbranched alkanes of at least 4 members (excludes halogenated alkanes) is 1. The number of nitrogens with two attached hydrogens (primary N) is 2. The second kappa shape index (κ2) is 27.3. The molecule has 7 atom stereocenters. The first-order valence-electron chi connectivity index (χ1n) is 18.8. The van der Waals surface area contributed by atoms with Crippen molar-refractivity contribution in [2.75, 3.05) is 19.7 Å². The third kappa shape index (κ3) is 21.8. The van der Waals surface area contributed by atoms with Crippen LogP contribution in [0.3, 0.4) is 0 Å². The molecule has 0 saturated heterocycles. The lowest BCUT2D eigenvalue weighted by molar-refractivity contribution is -0.142. The largest absolute Gasteiger partial charge is 0.481 e. The first-order valence-corrected chi connectivity index (χ1v) is 18.8. The Balaban J connectivity index is 6.03. The molecule has 0 aromatic rings. The van der Waals surface area contributed by atoms with Crippen LogP contribution in [0.5, 0.6) is 0 Å². The number of hydrogen-bond acceptors (Lipinski definition) is 13. The van der Waals surface area contributed by atoms with E-state index < -0.39 is 134 Å². The van der Waals surface area contributed by atoms with Crippen LogP contribution in [-0.2, 0) is 47.9 Å². The van der Waals surface area contributed by atoms with Gasteiger partial charge in [-0.2, -0.15) is 0 Å². The SMILES string of the molecule is CC(C)C[C@H](NC(=O)[C@H](CC(C)C)NC(=O)[C@H](CO)NC(=O)[C@H](CCC(=O)O)NC(=O)[C@H](CC(=O)O)NC(=O)CNC(=O)[C@@H](N)CCCCN)C(=O)N[C@@H](C)C(=O)O. The molecule has 0 aliphatic carbocycles. The summed E-state index contributed by atoms with van der Waals surface area (Å²) in [5.74, 6) is -11.5. The van der Waals surface area contributed by atoms with E-state index in [-0.39, 0.29) is 31.1 Å². The lowest BCUT2D eigenvalue weighted by Gasteiger charge is -2.27. The second-order valence-electron chi connectivity index (χ2n) is 14.5. The Morgan fingerprint density at radius 1 is 0.552 bits per heavy atom. The molecule has 0 radical (unpaired) electrons. The summed E-state index contributed by atoms with van der Waals surface area (Å²) in [7, 11) is 0. The molecule has 0 aromatic carbocycles. The van der Waals surface area contributed by atoms with Gasteiger partial charge in [0.25, 0.3) is 0 Å². The molecule has 0 aliphatic heterocycles. The summed E-state index contributed by atoms with van der Waals surface area (Å²) in [5.41, 5.74) is 11.2. The number of carboxylic acids is 3. The molecule has 7 amide bonds. The van der Waals surface area contributed by atoms with E-state index in [1.54, 1.807) is 27.7 Å². The number of carbonyl (C=O) groups is 10. The highest BCUT2D eigenvalue weighted by molar-refractivity contribution is 5.98. The van der Waals surface area contributed by atoms with Gasteiger partial charge in [0.1, 0.15) is 36.3 Å². The van der Waals surface area contributed by atoms with Gasteiger partial charge in [-0.3, -0.25) is 47.9 Å². The number of rotatable bonds is 29. The Morgan fingerprint density at radius 2 is 1.02 bits per heavy atom. The molecule has 0 spiro atoms. The molecule has 23 nitrogen and oxygen atoms in total. The summed E-state index contributed by atoms with van der Waals surface area (Å²) in [6.45, 7) is 6.83. The highest BCUT2D eigenvalue weighted by Crippen LogP contribution is 2.10. The molecule has 0 bridgehead atoms. The van der Waals surface area contributed by atoms with E-state index in [0.717, 1.165) is 0 Å². The zero-order valence-corrected chi connectivity index (χ0v) is 33.5. The smallest absolute Gasteiger partial charge is 0.325 e. The fourth-order valence-corrected chi connectivity index (χ4v) is 5.17. The maximum Gasteiger partial charge on any atom is 0.325 e. The number of carboxylic acid groups (broad SMARTS) is 3. The first kappa shape index (κ1) is 52.6. The average Bonchev–Trinajstić information content (AvgIpc) is 3.12. The van der Waals surface area contributed by atoms with Crippen LogP contribution in [-0.4, -0.2) is 142 Å². The van der Waals surface area contributed by atoms with E-state index in [9.17, 15) is 68.4 Å². The first-order chi connectivity index (χ1) is 27.0. The minimum atomic E-state index is -1.83. The second-order valence-corrected chi connectivity index (χ2v) is 14.5. The molecule has 0 fully saturated rings. The zero-order chi connectivity index (χ0) is 44.7. The minimum Gasteiger partial charge on any atom is -0.481 e. The van der Waals surface area contributed by atoms with Gasteiger partial charge in [0.05, 0.1) is 25.6 Å². The van der Waals surface area contributed by atoms with Crippen LogP contribution in [0, 0.1) is 11.8 Å². The Bertz CT molecular complexity index is 1440.